The minimum Gasteiger partial charge on any atom is -0.361 e. The van der Waals surface area contributed by atoms with E-state index < -0.39 is 0 Å². The fourth-order valence-corrected chi connectivity index (χ4v) is 2.75. The Kier molecular flexibility index (Phi) is 2.21. The zero-order valence-corrected chi connectivity index (χ0v) is 9.04. The van der Waals surface area contributed by atoms with Gasteiger partial charge in [0.1, 0.15) is 5.82 Å². The first-order valence-corrected chi connectivity index (χ1v) is 5.76. The number of nitrogens with two attached hydrogens (primary N) is 1. The Bertz CT molecular complexity index is 518. The molecule has 3 heteroatoms. The third-order valence-corrected chi connectivity index (χ3v) is 3.59. The Hall–Kier alpha value is -1.35. The number of aromatic amines is 1. The molecule has 0 bridgehead atoms. The van der Waals surface area contributed by atoms with E-state index in [9.17, 15) is 4.39 Å². The van der Waals surface area contributed by atoms with Crippen molar-refractivity contribution in [1.29, 1.82) is 0 Å². The van der Waals surface area contributed by atoms with Crippen LogP contribution in [0.5, 0.6) is 0 Å². The van der Waals surface area contributed by atoms with Crippen molar-refractivity contribution < 1.29 is 4.39 Å². The van der Waals surface area contributed by atoms with Crippen molar-refractivity contribution in [3.8, 4) is 0 Å². The molecule has 0 amide bonds. The molecule has 2 atom stereocenters. The van der Waals surface area contributed by atoms with Crippen LogP contribution in [0.3, 0.4) is 0 Å². The molecule has 1 fully saturated rings. The molecule has 0 radical (unpaired) electrons. The summed E-state index contributed by atoms with van der Waals surface area (Å²) in [6, 6.07) is 5.21. The van der Waals surface area contributed by atoms with Gasteiger partial charge in [-0.25, -0.2) is 4.39 Å². The van der Waals surface area contributed by atoms with Crippen molar-refractivity contribution in [2.45, 2.75) is 31.2 Å². The molecule has 1 aliphatic carbocycles. The summed E-state index contributed by atoms with van der Waals surface area (Å²) >= 11 is 0. The standard InChI is InChI=1S/C13H15FN2/c14-9-2-4-13-11(6-9)12(7-16-13)8-1-3-10(15)5-8/h2,4,6-8,10,16H,1,3,5,15H2. The first kappa shape index (κ1) is 9.85. The second-order valence-corrected chi connectivity index (χ2v) is 4.70. The molecular weight excluding hydrogens is 203 g/mol. The van der Waals surface area contributed by atoms with E-state index in [1.165, 1.54) is 11.6 Å². The predicted octanol–water partition coefficient (Wildman–Crippen LogP) is 2.90. The van der Waals surface area contributed by atoms with Gasteiger partial charge >= 0.3 is 0 Å². The molecule has 0 saturated heterocycles. The van der Waals surface area contributed by atoms with Crippen LogP contribution in [-0.4, -0.2) is 11.0 Å². The van der Waals surface area contributed by atoms with E-state index in [1.807, 2.05) is 6.20 Å². The number of aromatic nitrogens is 1. The van der Waals surface area contributed by atoms with Crippen LogP contribution in [0.4, 0.5) is 4.39 Å². The number of fused-ring (bicyclic) bond motifs is 1. The SMILES string of the molecule is NC1CCC(c2c[nH]c3ccc(F)cc23)C1. The molecule has 84 valence electrons. The van der Waals surface area contributed by atoms with Crippen LogP contribution in [-0.2, 0) is 0 Å². The van der Waals surface area contributed by atoms with Gasteiger partial charge in [0.2, 0.25) is 0 Å². The second-order valence-electron chi connectivity index (χ2n) is 4.70. The van der Waals surface area contributed by atoms with Crippen LogP contribution < -0.4 is 5.73 Å². The minimum absolute atomic E-state index is 0.171. The number of hydrogen-bond acceptors (Lipinski definition) is 1. The summed E-state index contributed by atoms with van der Waals surface area (Å²) in [5.74, 6) is 0.321. The number of H-pyrrole nitrogens is 1. The molecule has 2 aromatic rings. The molecule has 0 spiro atoms. The third kappa shape index (κ3) is 1.52. The molecule has 1 aromatic heterocycles. The molecule has 1 heterocycles. The van der Waals surface area contributed by atoms with E-state index in [1.54, 1.807) is 12.1 Å². The minimum atomic E-state index is -0.171. The van der Waals surface area contributed by atoms with Gasteiger partial charge < -0.3 is 10.7 Å². The van der Waals surface area contributed by atoms with Gasteiger partial charge in [-0.3, -0.25) is 0 Å². The van der Waals surface area contributed by atoms with Gasteiger partial charge in [0.25, 0.3) is 0 Å². The van der Waals surface area contributed by atoms with Crippen LogP contribution in [0.15, 0.2) is 24.4 Å². The van der Waals surface area contributed by atoms with E-state index in [4.69, 9.17) is 5.73 Å². The lowest BCUT2D eigenvalue weighted by Gasteiger charge is -2.07. The van der Waals surface area contributed by atoms with Gasteiger partial charge in [-0.15, -0.1) is 0 Å². The summed E-state index contributed by atoms with van der Waals surface area (Å²) in [7, 11) is 0. The van der Waals surface area contributed by atoms with Gasteiger partial charge in [-0.05, 0) is 48.9 Å². The molecule has 2 nitrogen and oxygen atoms in total. The van der Waals surface area contributed by atoms with E-state index in [-0.39, 0.29) is 5.82 Å². The molecule has 1 saturated carbocycles. The van der Waals surface area contributed by atoms with Gasteiger partial charge in [0.05, 0.1) is 0 Å². The lowest BCUT2D eigenvalue weighted by Crippen LogP contribution is -2.14. The van der Waals surface area contributed by atoms with Crippen molar-refractivity contribution in [2.75, 3.05) is 0 Å². The summed E-state index contributed by atoms with van der Waals surface area (Å²) < 4.78 is 13.2. The van der Waals surface area contributed by atoms with Crippen LogP contribution in [0.2, 0.25) is 0 Å². The monoisotopic (exact) mass is 218 g/mol. The number of nitrogens with one attached hydrogen (secondary N) is 1. The van der Waals surface area contributed by atoms with Crippen molar-refractivity contribution in [3.63, 3.8) is 0 Å². The highest BCUT2D eigenvalue weighted by molar-refractivity contribution is 5.83. The summed E-state index contributed by atoms with van der Waals surface area (Å²) in [4.78, 5) is 3.20. The number of hydrogen-bond donors (Lipinski definition) is 2. The van der Waals surface area contributed by atoms with Crippen LogP contribution >= 0.6 is 0 Å². The maximum absolute atomic E-state index is 13.2. The summed E-state index contributed by atoms with van der Waals surface area (Å²) in [6.07, 6.45) is 5.22. The lowest BCUT2D eigenvalue weighted by atomic mass is 9.97. The molecule has 0 aliphatic heterocycles. The zero-order chi connectivity index (χ0) is 11.1. The molecule has 3 rings (SSSR count). The van der Waals surface area contributed by atoms with Crippen molar-refractivity contribution in [1.82, 2.24) is 4.98 Å². The zero-order valence-electron chi connectivity index (χ0n) is 9.04. The highest BCUT2D eigenvalue weighted by Crippen LogP contribution is 2.37. The summed E-state index contributed by atoms with van der Waals surface area (Å²) in [6.45, 7) is 0. The van der Waals surface area contributed by atoms with E-state index in [0.29, 0.717) is 12.0 Å². The molecule has 1 aromatic carbocycles. The second kappa shape index (κ2) is 3.59. The maximum atomic E-state index is 13.2. The normalized spacial score (nSPS) is 25.4. The van der Waals surface area contributed by atoms with Crippen molar-refractivity contribution in [2.24, 2.45) is 5.73 Å². The van der Waals surface area contributed by atoms with Crippen LogP contribution in [0.25, 0.3) is 10.9 Å². The molecule has 1 aliphatic rings. The Morgan fingerprint density at radius 2 is 2.19 bits per heavy atom. The average molecular weight is 218 g/mol. The van der Waals surface area contributed by atoms with Crippen LogP contribution in [0, 0.1) is 5.82 Å². The van der Waals surface area contributed by atoms with Gasteiger partial charge in [0, 0.05) is 23.1 Å². The predicted molar refractivity (Wildman–Crippen MR) is 62.8 cm³/mol. The van der Waals surface area contributed by atoms with E-state index >= 15 is 0 Å². The largest absolute Gasteiger partial charge is 0.361 e. The number of benzene rings is 1. The van der Waals surface area contributed by atoms with Crippen molar-refractivity contribution in [3.05, 3.63) is 35.8 Å². The first-order chi connectivity index (χ1) is 7.74. The van der Waals surface area contributed by atoms with E-state index in [2.05, 4.69) is 4.98 Å². The van der Waals surface area contributed by atoms with Gasteiger partial charge in [-0.1, -0.05) is 0 Å². The Balaban J connectivity index is 2.06. The molecule has 3 N–H and O–H groups in total. The third-order valence-electron chi connectivity index (χ3n) is 3.59. The average Bonchev–Trinajstić information content (AvgIpc) is 2.83. The Morgan fingerprint density at radius 1 is 1.31 bits per heavy atom. The Morgan fingerprint density at radius 3 is 2.94 bits per heavy atom. The lowest BCUT2D eigenvalue weighted by molar-refractivity contribution is 0.629. The smallest absolute Gasteiger partial charge is 0.123 e. The molecular formula is C13H15FN2. The molecule has 16 heavy (non-hydrogen) atoms. The maximum Gasteiger partial charge on any atom is 0.123 e. The number of halogens is 1. The first-order valence-electron chi connectivity index (χ1n) is 5.76. The summed E-state index contributed by atoms with van der Waals surface area (Å²) in [5, 5.41) is 1.01. The van der Waals surface area contributed by atoms with Crippen LogP contribution in [0.1, 0.15) is 30.7 Å². The topological polar surface area (TPSA) is 41.8 Å². The summed E-state index contributed by atoms with van der Waals surface area (Å²) in [5.41, 5.74) is 8.16. The highest BCUT2D eigenvalue weighted by Gasteiger charge is 2.25. The fourth-order valence-electron chi connectivity index (χ4n) is 2.75. The quantitative estimate of drug-likeness (QED) is 0.759. The van der Waals surface area contributed by atoms with E-state index in [0.717, 1.165) is 30.2 Å². The van der Waals surface area contributed by atoms with Gasteiger partial charge in [0.15, 0.2) is 0 Å². The highest BCUT2D eigenvalue weighted by atomic mass is 19.1. The number of rotatable bonds is 1. The van der Waals surface area contributed by atoms with Gasteiger partial charge in [-0.2, -0.15) is 0 Å². The van der Waals surface area contributed by atoms with Crippen molar-refractivity contribution >= 4 is 10.9 Å². The Labute approximate surface area is 93.6 Å². The fraction of sp³-hybridized carbons (Fsp3) is 0.385. The molecule has 2 unspecified atom stereocenters.